The third-order valence-electron chi connectivity index (χ3n) is 5.63. The number of ether oxygens (including phenoxy) is 1. The van der Waals surface area contributed by atoms with Crippen LogP contribution in [0.4, 0.5) is 17.5 Å². The molecule has 0 spiro atoms. The molecule has 0 amide bonds. The first-order valence-electron chi connectivity index (χ1n) is 11.2. The summed E-state index contributed by atoms with van der Waals surface area (Å²) in [5, 5.41) is 3.38. The number of rotatable bonds is 7. The topological polar surface area (TPSA) is 93.9 Å². The lowest BCUT2D eigenvalue weighted by Crippen LogP contribution is -2.20. The minimum atomic E-state index is 0.632. The predicted molar refractivity (Wildman–Crippen MR) is 134 cm³/mol. The predicted octanol–water partition coefficient (Wildman–Crippen LogP) is 5.00. The van der Waals surface area contributed by atoms with E-state index in [9.17, 15) is 0 Å². The summed E-state index contributed by atoms with van der Waals surface area (Å²) in [6.45, 7) is 5.01. The second-order valence-corrected chi connectivity index (χ2v) is 8.26. The molecule has 0 aliphatic heterocycles. The van der Waals surface area contributed by atoms with E-state index in [2.05, 4.69) is 32.2 Å². The molecule has 0 atom stereocenters. The molecule has 9 heteroatoms. The third-order valence-corrected chi connectivity index (χ3v) is 5.63. The number of fused-ring (bicyclic) bond motifs is 2. The summed E-state index contributed by atoms with van der Waals surface area (Å²) in [4.78, 5) is 24.3. The highest BCUT2D eigenvalue weighted by atomic mass is 16.5. The van der Waals surface area contributed by atoms with Gasteiger partial charge >= 0.3 is 0 Å². The number of anilines is 3. The van der Waals surface area contributed by atoms with Crippen molar-refractivity contribution in [1.29, 1.82) is 0 Å². The van der Waals surface area contributed by atoms with E-state index in [0.717, 1.165) is 46.7 Å². The quantitative estimate of drug-likeness (QED) is 0.367. The van der Waals surface area contributed by atoms with Gasteiger partial charge in [-0.2, -0.15) is 0 Å². The lowest BCUT2D eigenvalue weighted by atomic mass is 10.2. The lowest BCUT2D eigenvalue weighted by molar-refractivity contribution is 0.479. The number of aromatic nitrogens is 6. The second-order valence-electron chi connectivity index (χ2n) is 8.26. The van der Waals surface area contributed by atoms with Gasteiger partial charge in [-0.25, -0.2) is 24.9 Å². The van der Waals surface area contributed by atoms with E-state index >= 15 is 0 Å². The molecule has 1 N–H and O–H groups in total. The van der Waals surface area contributed by atoms with Crippen molar-refractivity contribution < 1.29 is 4.74 Å². The molecule has 3 aromatic heterocycles. The first kappa shape index (κ1) is 21.6. The largest absolute Gasteiger partial charge is 0.457 e. The molecule has 0 aliphatic rings. The molecular weight excluding hydrogens is 428 g/mol. The maximum absolute atomic E-state index is 6.14. The highest BCUT2D eigenvalue weighted by Crippen LogP contribution is 2.30. The number of nitrogens with zero attached hydrogens (tertiary/aromatic N) is 7. The van der Waals surface area contributed by atoms with Gasteiger partial charge in [0.2, 0.25) is 5.95 Å². The van der Waals surface area contributed by atoms with Gasteiger partial charge < -0.3 is 19.5 Å². The summed E-state index contributed by atoms with van der Waals surface area (Å²) in [6.07, 6.45) is 6.06. The van der Waals surface area contributed by atoms with Gasteiger partial charge in [-0.05, 0) is 49.2 Å². The summed E-state index contributed by atoms with van der Waals surface area (Å²) in [5.41, 5.74) is 5.20. The highest BCUT2D eigenvalue weighted by Gasteiger charge is 2.12. The van der Waals surface area contributed by atoms with Crippen LogP contribution in [0.15, 0.2) is 55.2 Å². The Kier molecular flexibility index (Phi) is 5.67. The van der Waals surface area contributed by atoms with Crippen LogP contribution in [-0.2, 0) is 7.05 Å². The number of benzene rings is 2. The summed E-state index contributed by atoms with van der Waals surface area (Å²) < 4.78 is 8.12. The van der Waals surface area contributed by atoms with Crippen molar-refractivity contribution >= 4 is 39.5 Å². The normalized spacial score (nSPS) is 11.2. The Bertz CT molecular complexity index is 1480. The Morgan fingerprint density at radius 2 is 1.91 bits per heavy atom. The van der Waals surface area contributed by atoms with E-state index in [1.165, 1.54) is 6.33 Å². The number of hydrogen-bond acceptors (Lipinski definition) is 8. The van der Waals surface area contributed by atoms with Gasteiger partial charge in [-0.15, -0.1) is 0 Å². The van der Waals surface area contributed by atoms with Crippen LogP contribution in [0.1, 0.15) is 18.9 Å². The van der Waals surface area contributed by atoms with Gasteiger partial charge in [0.05, 0.1) is 23.6 Å². The molecule has 34 heavy (non-hydrogen) atoms. The van der Waals surface area contributed by atoms with Crippen LogP contribution in [-0.4, -0.2) is 43.1 Å². The summed E-state index contributed by atoms with van der Waals surface area (Å²) in [7, 11) is 3.96. The van der Waals surface area contributed by atoms with E-state index in [4.69, 9.17) is 9.72 Å². The Hall–Kier alpha value is -4.27. The molecule has 0 radical (unpaired) electrons. The Morgan fingerprint density at radius 3 is 2.74 bits per heavy atom. The fraction of sp³-hybridized carbons (Fsp3) is 0.240. The van der Waals surface area contributed by atoms with Gasteiger partial charge in [-0.1, -0.05) is 6.92 Å². The van der Waals surface area contributed by atoms with Crippen LogP contribution < -0.4 is 15.0 Å². The third kappa shape index (κ3) is 4.19. The van der Waals surface area contributed by atoms with E-state index < -0.39 is 0 Å². The number of hydrogen-bond donors (Lipinski definition) is 1. The molecule has 0 saturated heterocycles. The zero-order valence-electron chi connectivity index (χ0n) is 19.6. The van der Waals surface area contributed by atoms with Crippen LogP contribution in [0.3, 0.4) is 0 Å². The van der Waals surface area contributed by atoms with Gasteiger partial charge in [0.25, 0.3) is 0 Å². The first-order valence-corrected chi connectivity index (χ1v) is 11.2. The lowest BCUT2D eigenvalue weighted by Gasteiger charge is -2.16. The molecule has 5 rings (SSSR count). The zero-order chi connectivity index (χ0) is 23.7. The Morgan fingerprint density at radius 1 is 1.03 bits per heavy atom. The molecule has 172 valence electrons. The average molecular weight is 455 g/mol. The maximum Gasteiger partial charge on any atom is 0.225 e. The fourth-order valence-electron chi connectivity index (χ4n) is 3.84. The van der Waals surface area contributed by atoms with E-state index in [1.807, 2.05) is 66.9 Å². The van der Waals surface area contributed by atoms with Crippen LogP contribution >= 0.6 is 0 Å². The van der Waals surface area contributed by atoms with Gasteiger partial charge in [-0.3, -0.25) is 0 Å². The summed E-state index contributed by atoms with van der Waals surface area (Å²) in [6, 6.07) is 11.8. The van der Waals surface area contributed by atoms with E-state index in [1.54, 1.807) is 12.5 Å². The van der Waals surface area contributed by atoms with Crippen molar-refractivity contribution in [2.45, 2.75) is 20.3 Å². The second kappa shape index (κ2) is 8.93. The van der Waals surface area contributed by atoms with Gasteiger partial charge in [0.1, 0.15) is 28.9 Å². The molecule has 0 bridgehead atoms. The summed E-state index contributed by atoms with van der Waals surface area (Å²) in [5.74, 6) is 2.81. The Balaban J connectivity index is 1.39. The van der Waals surface area contributed by atoms with Crippen molar-refractivity contribution in [2.24, 2.45) is 7.05 Å². The van der Waals surface area contributed by atoms with Crippen molar-refractivity contribution in [3.8, 4) is 11.5 Å². The standard InChI is InChI=1S/C25H26N8O/c1-5-10-32(3)25-26-13-20-23(31-25)24(28-14-27-20)30-17-6-9-22(16(2)11-17)34-18-7-8-21-19(12-18)29-15-33(21)4/h6-9,11-15H,5,10H2,1-4H3,(H,27,28,30). The van der Waals surface area contributed by atoms with Crippen LogP contribution in [0.5, 0.6) is 11.5 Å². The zero-order valence-corrected chi connectivity index (χ0v) is 19.6. The number of aryl methyl sites for hydroxylation is 2. The molecule has 9 nitrogen and oxygen atoms in total. The van der Waals surface area contributed by atoms with Crippen molar-refractivity contribution in [2.75, 3.05) is 23.8 Å². The molecule has 0 aliphatic carbocycles. The van der Waals surface area contributed by atoms with Gasteiger partial charge in [0, 0.05) is 32.4 Å². The van der Waals surface area contributed by atoms with Gasteiger partial charge in [0.15, 0.2) is 5.82 Å². The van der Waals surface area contributed by atoms with Crippen LogP contribution in [0.2, 0.25) is 0 Å². The molecule has 2 aromatic carbocycles. The number of nitrogens with one attached hydrogen (secondary N) is 1. The molecular formula is C25H26N8O. The molecule has 0 unspecified atom stereocenters. The summed E-state index contributed by atoms with van der Waals surface area (Å²) >= 11 is 0. The Labute approximate surface area is 197 Å². The molecule has 3 heterocycles. The molecule has 0 saturated carbocycles. The molecule has 5 aromatic rings. The fourth-order valence-corrected chi connectivity index (χ4v) is 3.84. The smallest absolute Gasteiger partial charge is 0.225 e. The molecule has 0 fully saturated rings. The van der Waals surface area contributed by atoms with E-state index in [0.29, 0.717) is 22.8 Å². The van der Waals surface area contributed by atoms with Crippen molar-refractivity contribution in [3.05, 3.63) is 60.8 Å². The van der Waals surface area contributed by atoms with Crippen molar-refractivity contribution in [1.82, 2.24) is 29.5 Å². The average Bonchev–Trinajstić information content (AvgIpc) is 3.21. The number of imidazole rings is 1. The van der Waals surface area contributed by atoms with E-state index in [-0.39, 0.29) is 0 Å². The van der Waals surface area contributed by atoms with Crippen molar-refractivity contribution in [3.63, 3.8) is 0 Å². The van der Waals surface area contributed by atoms with Crippen LogP contribution in [0, 0.1) is 6.92 Å². The minimum absolute atomic E-state index is 0.632. The maximum atomic E-state index is 6.14. The highest BCUT2D eigenvalue weighted by molar-refractivity contribution is 5.87. The minimum Gasteiger partial charge on any atom is -0.457 e. The monoisotopic (exact) mass is 454 g/mol. The van der Waals surface area contributed by atoms with Crippen LogP contribution in [0.25, 0.3) is 22.1 Å². The SMILES string of the molecule is CCCN(C)c1ncc2ncnc(Nc3ccc(Oc4ccc5c(c4)ncn5C)c(C)c3)c2n1. The first-order chi connectivity index (χ1) is 16.5.